The van der Waals surface area contributed by atoms with E-state index in [4.69, 9.17) is 0 Å². The van der Waals surface area contributed by atoms with Crippen LogP contribution in [-0.4, -0.2) is 9.97 Å². The van der Waals surface area contributed by atoms with Crippen molar-refractivity contribution in [2.24, 2.45) is 0 Å². The van der Waals surface area contributed by atoms with Crippen LogP contribution in [0, 0.1) is 11.6 Å². The van der Waals surface area contributed by atoms with E-state index in [1.54, 1.807) is 24.3 Å². The molecule has 1 heterocycles. The Bertz CT molecular complexity index is 671. The monoisotopic (exact) mass is 334 g/mol. The maximum Gasteiger partial charge on any atom is 0.175 e. The summed E-state index contributed by atoms with van der Waals surface area (Å²) in [6, 6.07) is 12.2. The van der Waals surface area contributed by atoms with Crippen molar-refractivity contribution in [1.82, 2.24) is 9.97 Å². The van der Waals surface area contributed by atoms with Crippen molar-refractivity contribution in [3.8, 4) is 22.5 Å². The van der Waals surface area contributed by atoms with E-state index in [2.05, 4.69) is 25.9 Å². The van der Waals surface area contributed by atoms with Crippen LogP contribution < -0.4 is 0 Å². The fraction of sp³-hybridized carbons (Fsp3) is 0. The van der Waals surface area contributed by atoms with Crippen LogP contribution in [0.25, 0.3) is 22.5 Å². The second kappa shape index (κ2) is 5.17. The molecule has 2 nitrogen and oxygen atoms in total. The molecule has 0 aliphatic heterocycles. The van der Waals surface area contributed by atoms with Crippen molar-refractivity contribution in [1.29, 1.82) is 0 Å². The molecule has 3 aromatic rings. The van der Waals surface area contributed by atoms with Crippen LogP contribution in [0.15, 0.2) is 53.3 Å². The molecule has 1 aromatic heterocycles. The highest BCUT2D eigenvalue weighted by Gasteiger charge is 2.13. The number of hydrogen-bond acceptors (Lipinski definition) is 1. The van der Waals surface area contributed by atoms with Crippen molar-refractivity contribution >= 4 is 15.9 Å². The third-order valence-corrected chi connectivity index (χ3v) is 3.30. The molecule has 0 saturated carbocycles. The van der Waals surface area contributed by atoms with Crippen molar-refractivity contribution in [2.75, 3.05) is 0 Å². The van der Waals surface area contributed by atoms with Gasteiger partial charge in [0.2, 0.25) is 0 Å². The van der Waals surface area contributed by atoms with Crippen LogP contribution in [0.1, 0.15) is 0 Å². The van der Waals surface area contributed by atoms with Gasteiger partial charge in [-0.25, -0.2) is 13.8 Å². The van der Waals surface area contributed by atoms with Crippen LogP contribution in [-0.2, 0) is 0 Å². The van der Waals surface area contributed by atoms with Gasteiger partial charge in [-0.15, -0.1) is 0 Å². The quantitative estimate of drug-likeness (QED) is 0.717. The first-order valence-electron chi connectivity index (χ1n) is 5.91. The molecule has 0 amide bonds. The summed E-state index contributed by atoms with van der Waals surface area (Å²) in [5, 5.41) is 0. The second-order valence-electron chi connectivity index (χ2n) is 4.27. The number of H-pyrrole nitrogens is 1. The topological polar surface area (TPSA) is 28.7 Å². The highest BCUT2D eigenvalue weighted by atomic mass is 79.9. The van der Waals surface area contributed by atoms with Gasteiger partial charge in [0, 0.05) is 11.1 Å². The molecule has 1 N–H and O–H groups in total. The normalized spacial score (nSPS) is 10.8. The molecule has 2 aromatic carbocycles. The molecule has 0 bridgehead atoms. The van der Waals surface area contributed by atoms with Crippen molar-refractivity contribution in [3.05, 3.63) is 64.9 Å². The minimum absolute atomic E-state index is 0.296. The molecule has 0 radical (unpaired) electrons. The Morgan fingerprint density at radius 2 is 1.30 bits per heavy atom. The SMILES string of the molecule is Fc1ccc(-c2nc(Br)[nH]c2-c2ccc(F)cc2)cc1. The number of hydrogen-bond donors (Lipinski definition) is 1. The van der Waals surface area contributed by atoms with E-state index in [0.717, 1.165) is 16.8 Å². The number of benzene rings is 2. The van der Waals surface area contributed by atoms with E-state index in [9.17, 15) is 8.78 Å². The zero-order chi connectivity index (χ0) is 14.1. The number of nitrogens with zero attached hydrogens (tertiary/aromatic N) is 1. The van der Waals surface area contributed by atoms with Crippen LogP contribution in [0.4, 0.5) is 8.78 Å². The van der Waals surface area contributed by atoms with Crippen LogP contribution >= 0.6 is 15.9 Å². The van der Waals surface area contributed by atoms with E-state index >= 15 is 0 Å². The Morgan fingerprint density at radius 3 is 1.85 bits per heavy atom. The zero-order valence-electron chi connectivity index (χ0n) is 10.2. The molecule has 0 aliphatic carbocycles. The molecule has 5 heteroatoms. The first-order chi connectivity index (χ1) is 9.63. The summed E-state index contributed by atoms with van der Waals surface area (Å²) in [5.74, 6) is -0.595. The average Bonchev–Trinajstić information content (AvgIpc) is 2.82. The molecule has 0 fully saturated rings. The van der Waals surface area contributed by atoms with Gasteiger partial charge in [-0.3, -0.25) is 0 Å². The Balaban J connectivity index is 2.12. The van der Waals surface area contributed by atoms with Gasteiger partial charge in [0.15, 0.2) is 4.73 Å². The summed E-state index contributed by atoms with van der Waals surface area (Å²) >= 11 is 3.29. The van der Waals surface area contributed by atoms with Gasteiger partial charge in [-0.2, -0.15) is 0 Å². The lowest BCUT2D eigenvalue weighted by Crippen LogP contribution is -1.85. The number of rotatable bonds is 2. The average molecular weight is 335 g/mol. The van der Waals surface area contributed by atoms with Gasteiger partial charge < -0.3 is 4.98 Å². The van der Waals surface area contributed by atoms with Crippen LogP contribution in [0.3, 0.4) is 0 Å². The Hall–Kier alpha value is -2.01. The zero-order valence-corrected chi connectivity index (χ0v) is 11.8. The summed E-state index contributed by atoms with van der Waals surface area (Å²) in [4.78, 5) is 7.44. The second-order valence-corrected chi connectivity index (χ2v) is 5.02. The molecule has 0 aliphatic rings. The fourth-order valence-corrected chi connectivity index (χ4v) is 2.36. The Morgan fingerprint density at radius 1 is 0.800 bits per heavy atom. The van der Waals surface area contributed by atoms with Crippen LogP contribution in [0.5, 0.6) is 0 Å². The highest BCUT2D eigenvalue weighted by Crippen LogP contribution is 2.31. The van der Waals surface area contributed by atoms with E-state index < -0.39 is 0 Å². The van der Waals surface area contributed by atoms with E-state index in [-0.39, 0.29) is 11.6 Å². The lowest BCUT2D eigenvalue weighted by atomic mass is 10.1. The Labute approximate surface area is 122 Å². The molecular formula is C15H9BrF2N2. The number of halogens is 3. The van der Waals surface area contributed by atoms with Gasteiger partial charge in [0.1, 0.15) is 11.6 Å². The molecule has 20 heavy (non-hydrogen) atoms. The molecule has 0 saturated heterocycles. The van der Waals surface area contributed by atoms with Crippen molar-refractivity contribution in [3.63, 3.8) is 0 Å². The minimum Gasteiger partial charge on any atom is -0.332 e. The van der Waals surface area contributed by atoms with Gasteiger partial charge >= 0.3 is 0 Å². The first-order valence-corrected chi connectivity index (χ1v) is 6.70. The van der Waals surface area contributed by atoms with E-state index in [1.165, 1.54) is 24.3 Å². The summed E-state index contributed by atoms with van der Waals surface area (Å²) in [6.45, 7) is 0. The third kappa shape index (κ3) is 2.49. The van der Waals surface area contributed by atoms with Gasteiger partial charge in [0.05, 0.1) is 11.4 Å². The lowest BCUT2D eigenvalue weighted by molar-refractivity contribution is 0.627. The largest absolute Gasteiger partial charge is 0.332 e. The standard InChI is InChI=1S/C15H9BrF2N2/c16-15-19-13(9-1-5-11(17)6-2-9)14(20-15)10-3-7-12(18)8-4-10/h1-8H,(H,19,20). The summed E-state index contributed by atoms with van der Waals surface area (Å²) < 4.78 is 26.6. The number of nitrogens with one attached hydrogen (secondary N) is 1. The molecule has 0 spiro atoms. The van der Waals surface area contributed by atoms with E-state index in [1.807, 2.05) is 0 Å². The predicted octanol–water partition coefficient (Wildman–Crippen LogP) is 4.78. The van der Waals surface area contributed by atoms with E-state index in [0.29, 0.717) is 10.4 Å². The lowest BCUT2D eigenvalue weighted by Gasteiger charge is -2.03. The first kappa shape index (κ1) is 13.0. The molecule has 3 rings (SSSR count). The van der Waals surface area contributed by atoms with Crippen LogP contribution in [0.2, 0.25) is 0 Å². The predicted molar refractivity (Wildman–Crippen MR) is 77.1 cm³/mol. The minimum atomic E-state index is -0.299. The maximum absolute atomic E-state index is 13.0. The number of aromatic amines is 1. The fourth-order valence-electron chi connectivity index (χ4n) is 1.99. The molecule has 0 atom stereocenters. The molecule has 0 unspecified atom stereocenters. The molecular weight excluding hydrogens is 326 g/mol. The molecule has 100 valence electrons. The third-order valence-electron chi connectivity index (χ3n) is 2.93. The van der Waals surface area contributed by atoms with Crippen molar-refractivity contribution < 1.29 is 8.78 Å². The summed E-state index contributed by atoms with van der Waals surface area (Å²) in [6.07, 6.45) is 0. The van der Waals surface area contributed by atoms with Gasteiger partial charge in [-0.1, -0.05) is 0 Å². The number of aromatic nitrogens is 2. The number of imidazole rings is 1. The summed E-state index contributed by atoms with van der Waals surface area (Å²) in [5.41, 5.74) is 3.03. The van der Waals surface area contributed by atoms with Gasteiger partial charge in [0.25, 0.3) is 0 Å². The Kier molecular flexibility index (Phi) is 3.36. The van der Waals surface area contributed by atoms with Gasteiger partial charge in [-0.05, 0) is 64.5 Å². The summed E-state index contributed by atoms with van der Waals surface area (Å²) in [7, 11) is 0. The van der Waals surface area contributed by atoms with Crippen molar-refractivity contribution in [2.45, 2.75) is 0 Å². The maximum atomic E-state index is 13.0. The highest BCUT2D eigenvalue weighted by molar-refractivity contribution is 9.10. The smallest absolute Gasteiger partial charge is 0.175 e.